The van der Waals surface area contributed by atoms with Gasteiger partial charge < -0.3 is 25.1 Å². The van der Waals surface area contributed by atoms with Gasteiger partial charge in [0.25, 0.3) is 0 Å². The highest BCUT2D eigenvalue weighted by Gasteiger charge is 2.29. The summed E-state index contributed by atoms with van der Waals surface area (Å²) in [6.07, 6.45) is 3.52. The highest BCUT2D eigenvalue weighted by atomic mass is 32.2. The van der Waals surface area contributed by atoms with Crippen molar-refractivity contribution in [2.24, 2.45) is 5.73 Å². The number of nitrogens with two attached hydrogens (primary N) is 1. The van der Waals surface area contributed by atoms with Crippen LogP contribution < -0.4 is 20.5 Å². The summed E-state index contributed by atoms with van der Waals surface area (Å²) in [6, 6.07) is 6.07. The van der Waals surface area contributed by atoms with Crippen molar-refractivity contribution in [3.8, 4) is 11.5 Å². The summed E-state index contributed by atoms with van der Waals surface area (Å²) >= 11 is 1.36. The van der Waals surface area contributed by atoms with Crippen molar-refractivity contribution in [1.82, 2.24) is 20.1 Å². The highest BCUT2D eigenvalue weighted by Crippen LogP contribution is 2.39. The van der Waals surface area contributed by atoms with E-state index >= 15 is 0 Å². The second-order valence-corrected chi connectivity index (χ2v) is 7.99. The van der Waals surface area contributed by atoms with Gasteiger partial charge >= 0.3 is 0 Å². The topological polar surface area (TPSA) is 121 Å². The molecule has 0 aliphatic heterocycles. The monoisotopic (exact) mass is 433 g/mol. The van der Waals surface area contributed by atoms with E-state index in [0.29, 0.717) is 42.1 Å². The second-order valence-electron chi connectivity index (χ2n) is 7.04. The van der Waals surface area contributed by atoms with Gasteiger partial charge in [-0.15, -0.1) is 10.2 Å². The van der Waals surface area contributed by atoms with E-state index in [9.17, 15) is 9.59 Å². The fourth-order valence-corrected chi connectivity index (χ4v) is 3.93. The lowest BCUT2D eigenvalue weighted by Crippen LogP contribution is -2.27. The molecular formula is C20H27N5O4S. The number of rotatable bonds is 12. The van der Waals surface area contributed by atoms with Crippen molar-refractivity contribution in [3.05, 3.63) is 29.6 Å². The number of thioether (sulfide) groups is 1. The first-order valence-electron chi connectivity index (χ1n) is 9.84. The van der Waals surface area contributed by atoms with Crippen LogP contribution in [0.3, 0.4) is 0 Å². The first-order chi connectivity index (χ1) is 14.5. The molecular weight excluding hydrogens is 406 g/mol. The molecule has 1 aromatic heterocycles. The van der Waals surface area contributed by atoms with Gasteiger partial charge in [-0.3, -0.25) is 9.59 Å². The first-order valence-corrected chi connectivity index (χ1v) is 10.8. The van der Waals surface area contributed by atoms with Crippen LogP contribution in [0.15, 0.2) is 23.4 Å². The van der Waals surface area contributed by atoms with E-state index in [2.05, 4.69) is 15.5 Å². The number of benzene rings is 1. The van der Waals surface area contributed by atoms with Gasteiger partial charge in [-0.05, 0) is 37.0 Å². The largest absolute Gasteiger partial charge is 0.493 e. The maximum Gasteiger partial charge on any atom is 0.230 e. The molecule has 0 bridgehead atoms. The van der Waals surface area contributed by atoms with Crippen molar-refractivity contribution in [2.45, 2.75) is 43.3 Å². The van der Waals surface area contributed by atoms with Crippen molar-refractivity contribution in [1.29, 1.82) is 0 Å². The molecule has 1 aliphatic rings. The standard InChI is InChI=1S/C20H27N5O4S/c1-28-15-6-3-13(11-16(15)29-2)9-10-22-19(27)12-30-20-24-23-18(8-7-17(21)26)25(20)14-4-5-14/h3,6,11,14H,4-5,7-10,12H2,1-2H3,(H2,21,26)(H,22,27). The number of nitrogens with zero attached hydrogens (tertiary/aromatic N) is 3. The maximum absolute atomic E-state index is 12.3. The van der Waals surface area contributed by atoms with Gasteiger partial charge in [0.2, 0.25) is 11.8 Å². The number of methoxy groups -OCH3 is 2. The number of carbonyl (C=O) groups excluding carboxylic acids is 2. The summed E-state index contributed by atoms with van der Waals surface area (Å²) in [5.41, 5.74) is 6.29. The van der Waals surface area contributed by atoms with Crippen LogP contribution in [0.1, 0.15) is 36.7 Å². The van der Waals surface area contributed by atoms with Gasteiger partial charge in [0.15, 0.2) is 16.7 Å². The van der Waals surface area contributed by atoms with E-state index in [4.69, 9.17) is 15.2 Å². The summed E-state index contributed by atoms with van der Waals surface area (Å²) in [5, 5.41) is 12.0. The molecule has 2 amide bonds. The van der Waals surface area contributed by atoms with Gasteiger partial charge in [0.05, 0.1) is 20.0 Å². The van der Waals surface area contributed by atoms with Crippen LogP contribution in [0.4, 0.5) is 0 Å². The first kappa shape index (κ1) is 21.9. The molecule has 1 aliphatic carbocycles. The Balaban J connectivity index is 1.47. The summed E-state index contributed by atoms with van der Waals surface area (Å²) < 4.78 is 12.6. The molecule has 1 heterocycles. The minimum atomic E-state index is -0.358. The molecule has 1 aromatic carbocycles. The van der Waals surface area contributed by atoms with Crippen molar-refractivity contribution < 1.29 is 19.1 Å². The van der Waals surface area contributed by atoms with Gasteiger partial charge in [0, 0.05) is 25.4 Å². The molecule has 1 saturated carbocycles. The lowest BCUT2D eigenvalue weighted by atomic mass is 10.1. The quantitative estimate of drug-likeness (QED) is 0.487. The molecule has 3 N–H and O–H groups in total. The Morgan fingerprint density at radius 2 is 1.97 bits per heavy atom. The Labute approximate surface area is 179 Å². The van der Waals surface area contributed by atoms with Crippen molar-refractivity contribution >= 4 is 23.6 Å². The molecule has 2 aromatic rings. The number of hydrogen-bond acceptors (Lipinski definition) is 7. The Bertz CT molecular complexity index is 897. The maximum atomic E-state index is 12.3. The Morgan fingerprint density at radius 1 is 1.20 bits per heavy atom. The van der Waals surface area contributed by atoms with Crippen molar-refractivity contribution in [2.75, 3.05) is 26.5 Å². The van der Waals surface area contributed by atoms with E-state index in [0.717, 1.165) is 24.2 Å². The van der Waals surface area contributed by atoms with Crippen molar-refractivity contribution in [3.63, 3.8) is 0 Å². The fraction of sp³-hybridized carbons (Fsp3) is 0.500. The minimum Gasteiger partial charge on any atom is -0.493 e. The zero-order valence-electron chi connectivity index (χ0n) is 17.2. The molecule has 10 heteroatoms. The average molecular weight is 434 g/mol. The van der Waals surface area contributed by atoms with Gasteiger partial charge in [0.1, 0.15) is 5.82 Å². The molecule has 0 spiro atoms. The van der Waals surface area contributed by atoms with Crippen LogP contribution in [0.2, 0.25) is 0 Å². The molecule has 0 atom stereocenters. The van der Waals surface area contributed by atoms with E-state index < -0.39 is 0 Å². The van der Waals surface area contributed by atoms with Crippen LogP contribution >= 0.6 is 11.8 Å². The SMILES string of the molecule is COc1ccc(CCNC(=O)CSc2nnc(CCC(N)=O)n2C2CC2)cc1OC. The number of nitrogens with one attached hydrogen (secondary N) is 1. The summed E-state index contributed by atoms with van der Waals surface area (Å²) in [6.45, 7) is 0.522. The number of amides is 2. The predicted molar refractivity (Wildman–Crippen MR) is 113 cm³/mol. The number of carbonyl (C=O) groups is 2. The van der Waals surface area contributed by atoms with E-state index in [1.165, 1.54) is 11.8 Å². The smallest absolute Gasteiger partial charge is 0.230 e. The van der Waals surface area contributed by atoms with Gasteiger partial charge in [-0.25, -0.2) is 0 Å². The number of ether oxygens (including phenoxy) is 2. The fourth-order valence-electron chi connectivity index (χ4n) is 3.07. The third-order valence-corrected chi connectivity index (χ3v) is 5.70. The Kier molecular flexibility index (Phi) is 7.56. The third kappa shape index (κ3) is 5.88. The molecule has 1 fully saturated rings. The molecule has 0 radical (unpaired) electrons. The number of aryl methyl sites for hydroxylation is 1. The lowest BCUT2D eigenvalue weighted by Gasteiger charge is -2.10. The molecule has 0 saturated heterocycles. The van der Waals surface area contributed by atoms with Crippen LogP contribution in [0, 0.1) is 0 Å². The molecule has 162 valence electrons. The summed E-state index contributed by atoms with van der Waals surface area (Å²) in [4.78, 5) is 23.3. The van der Waals surface area contributed by atoms with Gasteiger partial charge in [-0.1, -0.05) is 17.8 Å². The number of aromatic nitrogens is 3. The number of primary amides is 1. The zero-order chi connectivity index (χ0) is 21.5. The van der Waals surface area contributed by atoms with E-state index in [1.54, 1.807) is 14.2 Å². The van der Waals surface area contributed by atoms with E-state index in [1.807, 2.05) is 22.8 Å². The lowest BCUT2D eigenvalue weighted by molar-refractivity contribution is -0.119. The van der Waals surface area contributed by atoms with Crippen LogP contribution in [-0.4, -0.2) is 53.1 Å². The normalized spacial score (nSPS) is 13.1. The summed E-state index contributed by atoms with van der Waals surface area (Å²) in [5.74, 6) is 1.94. The average Bonchev–Trinajstić information content (AvgIpc) is 3.50. The van der Waals surface area contributed by atoms with Crippen LogP contribution in [0.25, 0.3) is 0 Å². The Morgan fingerprint density at radius 3 is 2.63 bits per heavy atom. The van der Waals surface area contributed by atoms with Crippen LogP contribution in [0.5, 0.6) is 11.5 Å². The number of hydrogen-bond donors (Lipinski definition) is 2. The minimum absolute atomic E-state index is 0.0653. The van der Waals surface area contributed by atoms with E-state index in [-0.39, 0.29) is 24.0 Å². The predicted octanol–water partition coefficient (Wildman–Crippen LogP) is 1.50. The summed E-state index contributed by atoms with van der Waals surface area (Å²) in [7, 11) is 3.19. The zero-order valence-corrected chi connectivity index (χ0v) is 18.0. The third-order valence-electron chi connectivity index (χ3n) is 4.76. The second kappa shape index (κ2) is 10.3. The molecule has 0 unspecified atom stereocenters. The molecule has 30 heavy (non-hydrogen) atoms. The van der Waals surface area contributed by atoms with Crippen LogP contribution in [-0.2, 0) is 22.4 Å². The highest BCUT2D eigenvalue weighted by molar-refractivity contribution is 7.99. The Hall–Kier alpha value is -2.75. The molecule has 3 rings (SSSR count). The molecule has 9 nitrogen and oxygen atoms in total. The van der Waals surface area contributed by atoms with Gasteiger partial charge in [-0.2, -0.15) is 0 Å².